The van der Waals surface area contributed by atoms with E-state index in [4.69, 9.17) is 4.74 Å². The van der Waals surface area contributed by atoms with Gasteiger partial charge in [-0.05, 0) is 59.8 Å². The van der Waals surface area contributed by atoms with Gasteiger partial charge in [-0.25, -0.2) is 0 Å². The Morgan fingerprint density at radius 3 is 2.50 bits per heavy atom. The van der Waals surface area contributed by atoms with Gasteiger partial charge in [0, 0.05) is 16.0 Å². The summed E-state index contributed by atoms with van der Waals surface area (Å²) >= 11 is 1.60. The van der Waals surface area contributed by atoms with E-state index in [0.717, 1.165) is 38.4 Å². The number of pyridine rings is 1. The average molecular weight is 412 g/mol. The zero-order valence-corrected chi connectivity index (χ0v) is 17.6. The van der Waals surface area contributed by atoms with E-state index in [1.165, 1.54) is 0 Å². The van der Waals surface area contributed by atoms with E-state index in [-0.39, 0.29) is 5.78 Å². The van der Waals surface area contributed by atoms with Crippen LogP contribution >= 0.6 is 11.3 Å². The molecule has 0 aliphatic rings. The molecule has 0 fully saturated rings. The SMILES string of the molecule is COc1ccc(/C=C/c2c(C(=O)/C=C/c3cccs3)c(C)nc3ccccc23)cc1. The summed E-state index contributed by atoms with van der Waals surface area (Å²) in [4.78, 5) is 18.9. The van der Waals surface area contributed by atoms with Gasteiger partial charge in [-0.3, -0.25) is 9.78 Å². The Bertz CT molecular complexity index is 1240. The number of carbonyl (C=O) groups is 1. The second-order valence-corrected chi connectivity index (χ2v) is 7.80. The van der Waals surface area contributed by atoms with E-state index in [0.29, 0.717) is 5.56 Å². The van der Waals surface area contributed by atoms with Gasteiger partial charge in [0.05, 0.1) is 18.2 Å². The van der Waals surface area contributed by atoms with Gasteiger partial charge in [0.2, 0.25) is 0 Å². The number of ketones is 1. The van der Waals surface area contributed by atoms with Crippen molar-refractivity contribution in [3.63, 3.8) is 0 Å². The molecule has 4 aromatic rings. The highest BCUT2D eigenvalue weighted by Crippen LogP contribution is 2.27. The maximum Gasteiger partial charge on any atom is 0.188 e. The molecule has 4 rings (SSSR count). The Hall–Kier alpha value is -3.50. The molecule has 0 saturated carbocycles. The van der Waals surface area contributed by atoms with Crippen molar-refractivity contribution in [2.45, 2.75) is 6.92 Å². The monoisotopic (exact) mass is 411 g/mol. The van der Waals surface area contributed by atoms with Crippen LogP contribution in [0.15, 0.2) is 72.1 Å². The summed E-state index contributed by atoms with van der Waals surface area (Å²) < 4.78 is 5.23. The molecule has 0 bridgehead atoms. The number of hydrogen-bond acceptors (Lipinski definition) is 4. The smallest absolute Gasteiger partial charge is 0.188 e. The lowest BCUT2D eigenvalue weighted by Crippen LogP contribution is -2.04. The maximum absolute atomic E-state index is 13.1. The van der Waals surface area contributed by atoms with Gasteiger partial charge in [-0.1, -0.05) is 48.6 Å². The van der Waals surface area contributed by atoms with Crippen molar-refractivity contribution in [3.05, 3.63) is 99.4 Å². The number of thiophene rings is 1. The molecule has 0 aliphatic heterocycles. The van der Waals surface area contributed by atoms with Crippen LogP contribution in [0.25, 0.3) is 29.1 Å². The van der Waals surface area contributed by atoms with Gasteiger partial charge >= 0.3 is 0 Å². The number of hydrogen-bond donors (Lipinski definition) is 0. The predicted molar refractivity (Wildman–Crippen MR) is 126 cm³/mol. The highest BCUT2D eigenvalue weighted by Gasteiger charge is 2.15. The topological polar surface area (TPSA) is 39.2 Å². The number of allylic oxidation sites excluding steroid dienone is 1. The van der Waals surface area contributed by atoms with E-state index >= 15 is 0 Å². The first-order valence-electron chi connectivity index (χ1n) is 9.63. The Balaban J connectivity index is 1.79. The highest BCUT2D eigenvalue weighted by molar-refractivity contribution is 7.10. The van der Waals surface area contributed by atoms with Crippen LogP contribution in [0.5, 0.6) is 5.75 Å². The van der Waals surface area contributed by atoms with Crippen molar-refractivity contribution >= 4 is 46.3 Å². The van der Waals surface area contributed by atoms with Crippen LogP contribution in [0, 0.1) is 6.92 Å². The van der Waals surface area contributed by atoms with Crippen molar-refractivity contribution in [2.75, 3.05) is 7.11 Å². The molecular weight excluding hydrogens is 390 g/mol. The van der Waals surface area contributed by atoms with Gasteiger partial charge in [0.15, 0.2) is 5.78 Å². The fourth-order valence-electron chi connectivity index (χ4n) is 3.37. The first kappa shape index (κ1) is 19.8. The van der Waals surface area contributed by atoms with Crippen molar-refractivity contribution in [2.24, 2.45) is 0 Å². The third-order valence-electron chi connectivity index (χ3n) is 4.86. The summed E-state index contributed by atoms with van der Waals surface area (Å²) in [7, 11) is 1.65. The van der Waals surface area contributed by atoms with E-state index < -0.39 is 0 Å². The Labute approximate surface area is 180 Å². The first-order valence-corrected chi connectivity index (χ1v) is 10.5. The van der Waals surface area contributed by atoms with E-state index in [1.54, 1.807) is 24.5 Å². The first-order chi connectivity index (χ1) is 14.7. The van der Waals surface area contributed by atoms with Gasteiger partial charge in [0.1, 0.15) is 5.75 Å². The standard InChI is InChI=1S/C26H21NO2S/c1-18-26(25(28)16-14-21-6-5-17-30-21)23(22-7-3-4-8-24(22)27-18)15-11-19-9-12-20(29-2)13-10-19/h3-17H,1-2H3/b15-11+,16-14+. The third-order valence-corrected chi connectivity index (χ3v) is 5.70. The van der Waals surface area contributed by atoms with Gasteiger partial charge in [-0.15, -0.1) is 11.3 Å². The van der Waals surface area contributed by atoms with Crippen LogP contribution in [-0.2, 0) is 0 Å². The summed E-state index contributed by atoms with van der Waals surface area (Å²) in [6.45, 7) is 1.89. The van der Waals surface area contributed by atoms with Crippen LogP contribution in [0.3, 0.4) is 0 Å². The molecule has 2 aromatic carbocycles. The third kappa shape index (κ3) is 4.24. The molecule has 0 radical (unpaired) electrons. The lowest BCUT2D eigenvalue weighted by atomic mass is 9.96. The summed E-state index contributed by atoms with van der Waals surface area (Å²) in [5.74, 6) is 0.764. The summed E-state index contributed by atoms with van der Waals surface area (Å²) in [5.41, 5.74) is 4.15. The minimum absolute atomic E-state index is 0.0477. The number of methoxy groups -OCH3 is 1. The molecule has 0 amide bonds. The van der Waals surface area contributed by atoms with Crippen molar-refractivity contribution in [3.8, 4) is 5.75 Å². The maximum atomic E-state index is 13.1. The Morgan fingerprint density at radius 2 is 1.77 bits per heavy atom. The van der Waals surface area contributed by atoms with Crippen molar-refractivity contribution in [1.82, 2.24) is 4.98 Å². The largest absolute Gasteiger partial charge is 0.497 e. The second-order valence-electron chi connectivity index (χ2n) is 6.82. The molecule has 2 aromatic heterocycles. The van der Waals surface area contributed by atoms with Crippen LogP contribution in [0.2, 0.25) is 0 Å². The number of carbonyl (C=O) groups excluding carboxylic acids is 1. The summed E-state index contributed by atoms with van der Waals surface area (Å²) in [6.07, 6.45) is 7.51. The quantitative estimate of drug-likeness (QED) is 0.262. The molecule has 3 nitrogen and oxygen atoms in total. The number of aryl methyl sites for hydroxylation is 1. The minimum Gasteiger partial charge on any atom is -0.497 e. The van der Waals surface area contributed by atoms with Crippen molar-refractivity contribution in [1.29, 1.82) is 0 Å². The molecule has 2 heterocycles. The van der Waals surface area contributed by atoms with Crippen LogP contribution in [0.1, 0.15) is 32.1 Å². The van der Waals surface area contributed by atoms with E-state index in [1.807, 2.05) is 91.2 Å². The highest BCUT2D eigenvalue weighted by atomic mass is 32.1. The van der Waals surface area contributed by atoms with E-state index in [2.05, 4.69) is 4.98 Å². The number of rotatable bonds is 6. The number of nitrogens with zero attached hydrogens (tertiary/aromatic N) is 1. The molecule has 0 atom stereocenters. The average Bonchev–Trinajstić information content (AvgIpc) is 3.29. The number of benzene rings is 2. The van der Waals surface area contributed by atoms with Gasteiger partial charge in [-0.2, -0.15) is 0 Å². The molecular formula is C26H21NO2S. The zero-order valence-electron chi connectivity index (χ0n) is 16.8. The Morgan fingerprint density at radius 1 is 0.967 bits per heavy atom. The molecule has 0 saturated heterocycles. The fraction of sp³-hybridized carbons (Fsp3) is 0.0769. The normalized spacial score (nSPS) is 11.5. The fourth-order valence-corrected chi connectivity index (χ4v) is 3.99. The molecule has 0 aliphatic carbocycles. The summed E-state index contributed by atoms with van der Waals surface area (Å²) in [5, 5.41) is 2.96. The molecule has 0 spiro atoms. The second kappa shape index (κ2) is 8.89. The number of fused-ring (bicyclic) bond motifs is 1. The van der Waals surface area contributed by atoms with Crippen LogP contribution in [0.4, 0.5) is 0 Å². The zero-order chi connectivity index (χ0) is 20.9. The minimum atomic E-state index is -0.0477. The van der Waals surface area contributed by atoms with E-state index in [9.17, 15) is 4.79 Å². The number of aromatic nitrogens is 1. The Kier molecular flexibility index (Phi) is 5.87. The molecule has 0 unspecified atom stereocenters. The molecule has 4 heteroatoms. The molecule has 148 valence electrons. The number of ether oxygens (including phenoxy) is 1. The van der Waals surface area contributed by atoms with Gasteiger partial charge < -0.3 is 4.74 Å². The van der Waals surface area contributed by atoms with Gasteiger partial charge in [0.25, 0.3) is 0 Å². The van der Waals surface area contributed by atoms with Crippen LogP contribution < -0.4 is 4.74 Å². The van der Waals surface area contributed by atoms with Crippen LogP contribution in [-0.4, -0.2) is 17.9 Å². The summed E-state index contributed by atoms with van der Waals surface area (Å²) in [6, 6.07) is 19.7. The lowest BCUT2D eigenvalue weighted by molar-refractivity contribution is 0.104. The lowest BCUT2D eigenvalue weighted by Gasteiger charge is -2.11. The molecule has 30 heavy (non-hydrogen) atoms. The predicted octanol–water partition coefficient (Wildman–Crippen LogP) is 6.68. The van der Waals surface area contributed by atoms with Crippen molar-refractivity contribution < 1.29 is 9.53 Å². The molecule has 0 N–H and O–H groups in total. The number of para-hydroxylation sites is 1.